The van der Waals surface area contributed by atoms with E-state index in [0.717, 1.165) is 5.69 Å². The van der Waals surface area contributed by atoms with Crippen molar-refractivity contribution in [2.75, 3.05) is 17.7 Å². The summed E-state index contributed by atoms with van der Waals surface area (Å²) in [6.45, 7) is 0. The van der Waals surface area contributed by atoms with E-state index in [9.17, 15) is 4.79 Å². The highest BCUT2D eigenvalue weighted by molar-refractivity contribution is 6.32. The molecule has 0 spiro atoms. The van der Waals surface area contributed by atoms with Crippen LogP contribution in [0.4, 0.5) is 17.2 Å². The Labute approximate surface area is 160 Å². The lowest BCUT2D eigenvalue weighted by Crippen LogP contribution is -2.12. The van der Waals surface area contributed by atoms with Gasteiger partial charge in [-0.3, -0.25) is 4.79 Å². The average Bonchev–Trinajstić information content (AvgIpc) is 2.64. The smallest absolute Gasteiger partial charge is 0.255 e. The third kappa shape index (κ3) is 4.45. The number of ether oxygens (including phenoxy) is 1. The van der Waals surface area contributed by atoms with Gasteiger partial charge >= 0.3 is 0 Å². The number of pyridine rings is 1. The number of carbonyl (C=O) groups excluding carboxylic acids is 1. The number of anilines is 3. The first-order valence-corrected chi connectivity index (χ1v) is 8.44. The number of nitrogens with zero attached hydrogens (tertiary/aromatic N) is 1. The molecule has 0 saturated carbocycles. The van der Waals surface area contributed by atoms with Gasteiger partial charge < -0.3 is 15.4 Å². The number of carbonyl (C=O) groups is 1. The minimum absolute atomic E-state index is 0.271. The van der Waals surface area contributed by atoms with Crippen molar-refractivity contribution in [2.45, 2.75) is 0 Å². The summed E-state index contributed by atoms with van der Waals surface area (Å²) in [5.41, 5.74) is 1.86. The van der Waals surface area contributed by atoms with Gasteiger partial charge in [-0.15, -0.1) is 0 Å². The van der Waals surface area contributed by atoms with Gasteiger partial charge in [0.15, 0.2) is 0 Å². The molecule has 1 amide bonds. The Morgan fingerprint density at radius 3 is 2.42 bits per heavy atom. The van der Waals surface area contributed by atoms with Crippen molar-refractivity contribution in [3.8, 4) is 5.75 Å². The molecular formula is C19H15Cl2N3O2. The number of aromatic nitrogens is 1. The highest BCUT2D eigenvalue weighted by Crippen LogP contribution is 2.27. The molecule has 0 unspecified atom stereocenters. The summed E-state index contributed by atoms with van der Waals surface area (Å²) >= 11 is 12.0. The number of rotatable bonds is 5. The third-order valence-corrected chi connectivity index (χ3v) is 4.10. The molecule has 0 fully saturated rings. The zero-order valence-corrected chi connectivity index (χ0v) is 15.3. The molecule has 26 heavy (non-hydrogen) atoms. The van der Waals surface area contributed by atoms with Gasteiger partial charge in [-0.2, -0.15) is 0 Å². The minimum Gasteiger partial charge on any atom is -0.495 e. The lowest BCUT2D eigenvalue weighted by molar-refractivity contribution is 0.102. The molecule has 1 aromatic heterocycles. The summed E-state index contributed by atoms with van der Waals surface area (Å²) in [4.78, 5) is 16.7. The number of amides is 1. The lowest BCUT2D eigenvalue weighted by Gasteiger charge is -2.10. The van der Waals surface area contributed by atoms with Crippen molar-refractivity contribution in [1.29, 1.82) is 0 Å². The van der Waals surface area contributed by atoms with Crippen LogP contribution in [0.1, 0.15) is 10.4 Å². The SMILES string of the molecule is COc1ccc(NC(=O)c2ccnc(Nc3ccc(Cl)cc3)c2)cc1Cl. The molecule has 0 radical (unpaired) electrons. The molecule has 132 valence electrons. The largest absolute Gasteiger partial charge is 0.495 e. The highest BCUT2D eigenvalue weighted by Gasteiger charge is 2.09. The molecule has 0 saturated heterocycles. The molecule has 0 bridgehead atoms. The van der Waals surface area contributed by atoms with Crippen LogP contribution in [0.15, 0.2) is 60.8 Å². The Morgan fingerprint density at radius 2 is 1.73 bits per heavy atom. The second-order valence-corrected chi connectivity index (χ2v) is 6.21. The summed E-state index contributed by atoms with van der Waals surface area (Å²) in [5, 5.41) is 6.99. The maximum absolute atomic E-state index is 12.5. The first-order chi connectivity index (χ1) is 12.5. The van der Waals surface area contributed by atoms with E-state index in [-0.39, 0.29) is 5.91 Å². The van der Waals surface area contributed by atoms with E-state index in [0.29, 0.717) is 32.9 Å². The number of benzene rings is 2. The molecule has 3 rings (SSSR count). The second-order valence-electron chi connectivity index (χ2n) is 5.37. The van der Waals surface area contributed by atoms with Crippen LogP contribution >= 0.6 is 23.2 Å². The molecule has 2 aromatic carbocycles. The van der Waals surface area contributed by atoms with Crippen LogP contribution in [0.5, 0.6) is 5.75 Å². The van der Waals surface area contributed by atoms with Crippen molar-refractivity contribution in [1.82, 2.24) is 4.98 Å². The van der Waals surface area contributed by atoms with Crippen LogP contribution in [0, 0.1) is 0 Å². The fourth-order valence-electron chi connectivity index (χ4n) is 2.27. The summed E-state index contributed by atoms with van der Waals surface area (Å²) in [6, 6.07) is 15.5. The summed E-state index contributed by atoms with van der Waals surface area (Å²) in [5.74, 6) is 0.823. The molecule has 1 heterocycles. The van der Waals surface area contributed by atoms with Crippen LogP contribution in [-0.4, -0.2) is 18.0 Å². The number of nitrogens with one attached hydrogen (secondary N) is 2. The minimum atomic E-state index is -0.271. The Bertz CT molecular complexity index is 930. The predicted octanol–water partition coefficient (Wildman–Crippen LogP) is 5.39. The van der Waals surface area contributed by atoms with Crippen LogP contribution in [0.25, 0.3) is 0 Å². The van der Waals surface area contributed by atoms with Crippen molar-refractivity contribution >= 4 is 46.3 Å². The van der Waals surface area contributed by atoms with Gasteiger partial charge in [-0.1, -0.05) is 23.2 Å². The van der Waals surface area contributed by atoms with E-state index < -0.39 is 0 Å². The molecule has 7 heteroatoms. The van der Waals surface area contributed by atoms with Gasteiger partial charge in [0.25, 0.3) is 5.91 Å². The molecule has 5 nitrogen and oxygen atoms in total. The van der Waals surface area contributed by atoms with Crippen LogP contribution in [0.2, 0.25) is 10.0 Å². The number of hydrogen-bond donors (Lipinski definition) is 2. The third-order valence-electron chi connectivity index (χ3n) is 3.55. The highest BCUT2D eigenvalue weighted by atomic mass is 35.5. The first kappa shape index (κ1) is 18.0. The number of halogens is 2. The van der Waals surface area contributed by atoms with E-state index in [1.54, 1.807) is 48.7 Å². The summed E-state index contributed by atoms with van der Waals surface area (Å²) in [7, 11) is 1.53. The quantitative estimate of drug-likeness (QED) is 0.615. The van der Waals surface area contributed by atoms with Crippen LogP contribution in [-0.2, 0) is 0 Å². The van der Waals surface area contributed by atoms with E-state index in [4.69, 9.17) is 27.9 Å². The number of hydrogen-bond acceptors (Lipinski definition) is 4. The fraction of sp³-hybridized carbons (Fsp3) is 0.0526. The molecule has 0 aliphatic rings. The van der Waals surface area contributed by atoms with Gasteiger partial charge in [-0.05, 0) is 54.6 Å². The Balaban J connectivity index is 1.73. The van der Waals surface area contributed by atoms with E-state index in [2.05, 4.69) is 15.6 Å². The van der Waals surface area contributed by atoms with Gasteiger partial charge in [-0.25, -0.2) is 4.98 Å². The van der Waals surface area contributed by atoms with Crippen LogP contribution < -0.4 is 15.4 Å². The zero-order chi connectivity index (χ0) is 18.5. The Hall–Kier alpha value is -2.76. The molecular weight excluding hydrogens is 373 g/mol. The maximum Gasteiger partial charge on any atom is 0.255 e. The van der Waals surface area contributed by atoms with Crippen molar-refractivity contribution in [2.24, 2.45) is 0 Å². The maximum atomic E-state index is 12.5. The van der Waals surface area contributed by atoms with Crippen molar-refractivity contribution in [3.05, 3.63) is 76.4 Å². The van der Waals surface area contributed by atoms with E-state index in [1.165, 1.54) is 7.11 Å². The zero-order valence-electron chi connectivity index (χ0n) is 13.8. The fourth-order valence-corrected chi connectivity index (χ4v) is 2.65. The van der Waals surface area contributed by atoms with E-state index in [1.807, 2.05) is 12.1 Å². The van der Waals surface area contributed by atoms with Gasteiger partial charge in [0.2, 0.25) is 0 Å². The Kier molecular flexibility index (Phi) is 5.61. The number of methoxy groups -OCH3 is 1. The van der Waals surface area contributed by atoms with Crippen molar-refractivity contribution < 1.29 is 9.53 Å². The summed E-state index contributed by atoms with van der Waals surface area (Å²) in [6.07, 6.45) is 1.56. The van der Waals surface area contributed by atoms with Gasteiger partial charge in [0.1, 0.15) is 11.6 Å². The average molecular weight is 388 g/mol. The summed E-state index contributed by atoms with van der Waals surface area (Å²) < 4.78 is 5.10. The normalized spacial score (nSPS) is 10.3. The molecule has 0 aliphatic heterocycles. The standard InChI is InChI=1S/C19H15Cl2N3O2/c1-26-17-7-6-15(11-16(17)21)24-19(25)12-8-9-22-18(10-12)23-14-4-2-13(20)3-5-14/h2-11H,1H3,(H,22,23)(H,24,25). The molecule has 3 aromatic rings. The van der Waals surface area contributed by atoms with E-state index >= 15 is 0 Å². The Morgan fingerprint density at radius 1 is 1.00 bits per heavy atom. The first-order valence-electron chi connectivity index (χ1n) is 7.69. The van der Waals surface area contributed by atoms with Crippen molar-refractivity contribution in [3.63, 3.8) is 0 Å². The van der Waals surface area contributed by atoms with Gasteiger partial charge in [0, 0.05) is 28.2 Å². The lowest BCUT2D eigenvalue weighted by atomic mass is 10.2. The molecule has 0 atom stereocenters. The predicted molar refractivity (Wildman–Crippen MR) is 105 cm³/mol. The topological polar surface area (TPSA) is 63.2 Å². The van der Waals surface area contributed by atoms with Crippen LogP contribution in [0.3, 0.4) is 0 Å². The molecule has 2 N–H and O–H groups in total. The van der Waals surface area contributed by atoms with Gasteiger partial charge in [0.05, 0.1) is 12.1 Å². The monoisotopic (exact) mass is 387 g/mol. The molecule has 0 aliphatic carbocycles. The second kappa shape index (κ2) is 8.08.